The molecule has 0 N–H and O–H groups in total. The first kappa shape index (κ1) is 13.0. The van der Waals surface area contributed by atoms with Gasteiger partial charge in [-0.15, -0.1) is 11.3 Å². The van der Waals surface area contributed by atoms with E-state index in [2.05, 4.69) is 4.98 Å². The number of benzene rings is 2. The number of carbonyl (C=O) groups is 1. The highest BCUT2D eigenvalue weighted by Crippen LogP contribution is 2.25. The van der Waals surface area contributed by atoms with Crippen molar-refractivity contribution in [1.82, 2.24) is 4.98 Å². The Morgan fingerprint density at radius 2 is 1.85 bits per heavy atom. The van der Waals surface area contributed by atoms with E-state index in [0.29, 0.717) is 15.6 Å². The van der Waals surface area contributed by atoms with Gasteiger partial charge in [0.2, 0.25) is 5.78 Å². The molecular formula is C16H10ClNOS. The van der Waals surface area contributed by atoms with E-state index >= 15 is 0 Å². The summed E-state index contributed by atoms with van der Waals surface area (Å²) in [6, 6.07) is 16.6. The van der Waals surface area contributed by atoms with Crippen LogP contribution in [0, 0.1) is 0 Å². The van der Waals surface area contributed by atoms with Gasteiger partial charge in [0.15, 0.2) is 5.01 Å². The maximum absolute atomic E-state index is 12.3. The van der Waals surface area contributed by atoms with Crippen LogP contribution in [0.5, 0.6) is 0 Å². The number of hydrogen-bond donors (Lipinski definition) is 0. The molecule has 0 unspecified atom stereocenters. The lowest BCUT2D eigenvalue weighted by atomic mass is 10.1. The second-order valence-corrected chi connectivity index (χ2v) is 5.54. The lowest BCUT2D eigenvalue weighted by molar-refractivity contribution is 0.103. The molecular weight excluding hydrogens is 290 g/mol. The van der Waals surface area contributed by atoms with Crippen molar-refractivity contribution in [3.63, 3.8) is 0 Å². The Morgan fingerprint density at radius 3 is 2.60 bits per heavy atom. The topological polar surface area (TPSA) is 30.0 Å². The zero-order chi connectivity index (χ0) is 13.9. The number of carbonyl (C=O) groups excluding carboxylic acids is 1. The molecule has 0 atom stereocenters. The number of nitrogens with zero attached hydrogens (tertiary/aromatic N) is 1. The third kappa shape index (κ3) is 2.64. The molecule has 3 aromatic rings. The van der Waals surface area contributed by atoms with E-state index in [0.717, 1.165) is 11.3 Å². The van der Waals surface area contributed by atoms with E-state index in [4.69, 9.17) is 11.6 Å². The van der Waals surface area contributed by atoms with Crippen LogP contribution in [0.25, 0.3) is 11.3 Å². The average Bonchev–Trinajstić information content (AvgIpc) is 2.97. The maximum atomic E-state index is 12.3. The molecule has 4 heteroatoms. The summed E-state index contributed by atoms with van der Waals surface area (Å²) in [5.41, 5.74) is 2.34. The Morgan fingerprint density at radius 1 is 1.05 bits per heavy atom. The lowest BCUT2D eigenvalue weighted by Crippen LogP contribution is -1.99. The monoisotopic (exact) mass is 299 g/mol. The van der Waals surface area contributed by atoms with Gasteiger partial charge in [-0.05, 0) is 12.1 Å². The Hall–Kier alpha value is -1.97. The number of thiazole rings is 1. The Kier molecular flexibility index (Phi) is 3.63. The van der Waals surface area contributed by atoms with Gasteiger partial charge in [-0.2, -0.15) is 0 Å². The average molecular weight is 300 g/mol. The number of ketones is 1. The zero-order valence-electron chi connectivity index (χ0n) is 10.4. The summed E-state index contributed by atoms with van der Waals surface area (Å²) in [4.78, 5) is 16.7. The van der Waals surface area contributed by atoms with Crippen molar-refractivity contribution in [2.75, 3.05) is 0 Å². The number of aromatic nitrogens is 1. The van der Waals surface area contributed by atoms with Crippen molar-refractivity contribution in [2.24, 2.45) is 0 Å². The van der Waals surface area contributed by atoms with Gasteiger partial charge in [0.05, 0.1) is 5.69 Å². The molecule has 0 saturated carbocycles. The summed E-state index contributed by atoms with van der Waals surface area (Å²) in [5, 5.41) is 3.03. The SMILES string of the molecule is O=C(c1ccccc1)c1nc(-c2cccc(Cl)c2)cs1. The standard InChI is InChI=1S/C16H10ClNOS/c17-13-8-4-7-12(9-13)14-10-20-16(18-14)15(19)11-5-2-1-3-6-11/h1-10H. The molecule has 0 spiro atoms. The van der Waals surface area contributed by atoms with Crippen molar-refractivity contribution in [1.29, 1.82) is 0 Å². The minimum atomic E-state index is -0.0520. The van der Waals surface area contributed by atoms with Gasteiger partial charge >= 0.3 is 0 Å². The van der Waals surface area contributed by atoms with Crippen molar-refractivity contribution < 1.29 is 4.79 Å². The van der Waals surface area contributed by atoms with Crippen molar-refractivity contribution in [2.45, 2.75) is 0 Å². The Balaban J connectivity index is 1.93. The first-order valence-corrected chi connectivity index (χ1v) is 7.31. The summed E-state index contributed by atoms with van der Waals surface area (Å²) >= 11 is 7.32. The van der Waals surface area contributed by atoms with E-state index in [-0.39, 0.29) is 5.78 Å². The molecule has 0 aliphatic rings. The molecule has 98 valence electrons. The van der Waals surface area contributed by atoms with E-state index in [9.17, 15) is 4.79 Å². The highest BCUT2D eigenvalue weighted by molar-refractivity contribution is 7.12. The summed E-state index contributed by atoms with van der Waals surface area (Å²) < 4.78 is 0. The second-order valence-electron chi connectivity index (χ2n) is 4.24. The molecule has 2 nitrogen and oxygen atoms in total. The van der Waals surface area contributed by atoms with E-state index in [1.165, 1.54) is 11.3 Å². The molecule has 1 heterocycles. The second kappa shape index (κ2) is 5.57. The smallest absolute Gasteiger partial charge is 0.221 e. The molecule has 0 fully saturated rings. The van der Waals surface area contributed by atoms with Crippen LogP contribution in [0.15, 0.2) is 60.0 Å². The fourth-order valence-corrected chi connectivity index (χ4v) is 2.85. The van der Waals surface area contributed by atoms with Crippen LogP contribution >= 0.6 is 22.9 Å². The van der Waals surface area contributed by atoms with Gasteiger partial charge in [-0.3, -0.25) is 4.79 Å². The quantitative estimate of drug-likeness (QED) is 0.656. The molecule has 3 rings (SSSR count). The third-order valence-electron chi connectivity index (χ3n) is 2.85. The highest BCUT2D eigenvalue weighted by Gasteiger charge is 2.14. The maximum Gasteiger partial charge on any atom is 0.221 e. The van der Waals surface area contributed by atoms with Gasteiger partial charge < -0.3 is 0 Å². The lowest BCUT2D eigenvalue weighted by Gasteiger charge is -1.97. The first-order valence-electron chi connectivity index (χ1n) is 6.05. The van der Waals surface area contributed by atoms with Gasteiger partial charge in [0.1, 0.15) is 0 Å². The van der Waals surface area contributed by atoms with Gasteiger partial charge in [0, 0.05) is 21.5 Å². The van der Waals surface area contributed by atoms with Crippen LogP contribution < -0.4 is 0 Å². The van der Waals surface area contributed by atoms with E-state index in [1.54, 1.807) is 12.1 Å². The number of halogens is 1. The van der Waals surface area contributed by atoms with E-state index < -0.39 is 0 Å². The van der Waals surface area contributed by atoms with Gasteiger partial charge in [-0.1, -0.05) is 54.1 Å². The van der Waals surface area contributed by atoms with Crippen molar-refractivity contribution in [3.05, 3.63) is 75.6 Å². The van der Waals surface area contributed by atoms with Gasteiger partial charge in [0.25, 0.3) is 0 Å². The van der Waals surface area contributed by atoms with Crippen molar-refractivity contribution >= 4 is 28.7 Å². The third-order valence-corrected chi connectivity index (χ3v) is 3.93. The normalized spacial score (nSPS) is 10.4. The predicted molar refractivity (Wildman–Crippen MR) is 82.4 cm³/mol. The molecule has 0 aliphatic heterocycles. The highest BCUT2D eigenvalue weighted by atomic mass is 35.5. The summed E-state index contributed by atoms with van der Waals surface area (Å²) in [6.45, 7) is 0. The Bertz CT molecular complexity index is 752. The molecule has 0 amide bonds. The molecule has 0 aliphatic carbocycles. The molecule has 20 heavy (non-hydrogen) atoms. The fourth-order valence-electron chi connectivity index (χ4n) is 1.87. The summed E-state index contributed by atoms with van der Waals surface area (Å²) in [7, 11) is 0. The zero-order valence-corrected chi connectivity index (χ0v) is 12.0. The van der Waals surface area contributed by atoms with Crippen LogP contribution in [0.4, 0.5) is 0 Å². The summed E-state index contributed by atoms with van der Waals surface area (Å²) in [6.07, 6.45) is 0. The molecule has 0 saturated heterocycles. The van der Waals surface area contributed by atoms with E-state index in [1.807, 2.05) is 47.8 Å². The first-order chi connectivity index (χ1) is 9.74. The minimum Gasteiger partial charge on any atom is -0.286 e. The largest absolute Gasteiger partial charge is 0.286 e. The van der Waals surface area contributed by atoms with Crippen LogP contribution in [-0.4, -0.2) is 10.8 Å². The summed E-state index contributed by atoms with van der Waals surface area (Å²) in [5.74, 6) is -0.0520. The molecule has 2 aromatic carbocycles. The molecule has 1 aromatic heterocycles. The molecule has 0 bridgehead atoms. The Labute approximate surface area is 125 Å². The fraction of sp³-hybridized carbons (Fsp3) is 0. The van der Waals surface area contributed by atoms with Crippen LogP contribution in [0.3, 0.4) is 0 Å². The minimum absolute atomic E-state index is 0.0520. The number of hydrogen-bond acceptors (Lipinski definition) is 3. The van der Waals surface area contributed by atoms with Crippen LogP contribution in [-0.2, 0) is 0 Å². The van der Waals surface area contributed by atoms with Crippen LogP contribution in [0.2, 0.25) is 5.02 Å². The van der Waals surface area contributed by atoms with Crippen LogP contribution in [0.1, 0.15) is 15.4 Å². The number of rotatable bonds is 3. The molecule has 0 radical (unpaired) electrons. The predicted octanol–water partition coefficient (Wildman–Crippen LogP) is 4.69. The van der Waals surface area contributed by atoms with Gasteiger partial charge in [-0.25, -0.2) is 4.98 Å². The van der Waals surface area contributed by atoms with Crippen molar-refractivity contribution in [3.8, 4) is 11.3 Å².